The highest BCUT2D eigenvalue weighted by atomic mass is 35.5. The minimum atomic E-state index is -0.951. The summed E-state index contributed by atoms with van der Waals surface area (Å²) in [6.45, 7) is 6.00. The summed E-state index contributed by atoms with van der Waals surface area (Å²) in [4.78, 5) is 23.4. The third-order valence-electron chi connectivity index (χ3n) is 8.25. The lowest BCUT2D eigenvalue weighted by molar-refractivity contribution is -0.0592. The Morgan fingerprint density at radius 1 is 1.12 bits per heavy atom. The summed E-state index contributed by atoms with van der Waals surface area (Å²) in [7, 11) is 0. The number of rotatable bonds is 10. The molecule has 8 nitrogen and oxygen atoms in total. The first-order valence-corrected chi connectivity index (χ1v) is 14.8. The summed E-state index contributed by atoms with van der Waals surface area (Å²) in [6, 6.07) is 13.8. The number of aryl methyl sites for hydroxylation is 1. The molecule has 0 spiro atoms. The minimum absolute atomic E-state index is 0.123. The van der Waals surface area contributed by atoms with Crippen LogP contribution in [0.5, 0.6) is 5.75 Å². The van der Waals surface area contributed by atoms with E-state index >= 15 is 0 Å². The molecule has 0 bridgehead atoms. The van der Waals surface area contributed by atoms with Crippen LogP contribution in [0.15, 0.2) is 48.5 Å². The van der Waals surface area contributed by atoms with Crippen molar-refractivity contribution in [3.63, 3.8) is 0 Å². The molecule has 6 rings (SSSR count). The smallest absolute Gasteiger partial charge is 0.335 e. The van der Waals surface area contributed by atoms with Gasteiger partial charge in [0.1, 0.15) is 24.0 Å². The van der Waals surface area contributed by atoms with E-state index in [0.717, 1.165) is 61.4 Å². The maximum absolute atomic E-state index is 14.7. The van der Waals surface area contributed by atoms with Gasteiger partial charge in [-0.3, -0.25) is 9.88 Å². The fourth-order valence-corrected chi connectivity index (χ4v) is 6.00. The third kappa shape index (κ3) is 6.43. The number of halogens is 2. The normalized spacial score (nSPS) is 17.8. The largest absolute Gasteiger partial charge is 0.486 e. The van der Waals surface area contributed by atoms with Crippen molar-refractivity contribution < 1.29 is 23.8 Å². The first kappa shape index (κ1) is 28.6. The second kappa shape index (κ2) is 12.4. The molecule has 220 valence electrons. The van der Waals surface area contributed by atoms with Gasteiger partial charge in [0.2, 0.25) is 0 Å². The Kier molecular flexibility index (Phi) is 8.42. The number of likely N-dealkylation sites (tertiary alicyclic amines) is 1. The van der Waals surface area contributed by atoms with Gasteiger partial charge in [0.15, 0.2) is 0 Å². The molecule has 2 aromatic carbocycles. The quantitative estimate of drug-likeness (QED) is 0.240. The second-order valence-corrected chi connectivity index (χ2v) is 11.7. The molecule has 0 amide bonds. The van der Waals surface area contributed by atoms with Gasteiger partial charge in [-0.05, 0) is 99.6 Å². The lowest BCUT2D eigenvalue weighted by atomic mass is 9.91. The van der Waals surface area contributed by atoms with E-state index in [1.54, 1.807) is 24.3 Å². The van der Waals surface area contributed by atoms with Gasteiger partial charge in [0, 0.05) is 6.61 Å². The number of imidazole rings is 1. The summed E-state index contributed by atoms with van der Waals surface area (Å²) >= 11 is 6.28. The van der Waals surface area contributed by atoms with Crippen LogP contribution in [0, 0.1) is 18.7 Å². The van der Waals surface area contributed by atoms with Crippen molar-refractivity contribution in [2.75, 3.05) is 19.7 Å². The Morgan fingerprint density at radius 2 is 1.93 bits per heavy atom. The van der Waals surface area contributed by atoms with Crippen LogP contribution in [0.4, 0.5) is 4.39 Å². The standard InChI is InChI=1S/C32H34ClFN4O4/c1-20-2-7-30(25(33)14-20)42-19-23-4-5-26(34)28(35-23)15-21-8-11-37(12-9-21)18-31-36-27-6-3-22(32(39)40)16-29(27)38(31)17-24-10-13-41-24/h2-7,14,16,21,24H,8-13,15,17-19H2,1H3,(H,39,40)/t24-/m0/s1. The van der Waals surface area contributed by atoms with Crippen LogP contribution < -0.4 is 4.74 Å². The van der Waals surface area contributed by atoms with E-state index in [4.69, 9.17) is 26.1 Å². The maximum atomic E-state index is 14.7. The van der Waals surface area contributed by atoms with Crippen molar-refractivity contribution in [3.8, 4) is 5.75 Å². The first-order chi connectivity index (χ1) is 20.3. The highest BCUT2D eigenvalue weighted by Gasteiger charge is 2.26. The van der Waals surface area contributed by atoms with Gasteiger partial charge >= 0.3 is 5.97 Å². The number of carboxylic acids is 1. The molecular formula is C32H34ClFN4O4. The van der Waals surface area contributed by atoms with Gasteiger partial charge < -0.3 is 19.1 Å². The number of carboxylic acid groups (broad SMARTS) is 1. The third-order valence-corrected chi connectivity index (χ3v) is 8.54. The van der Waals surface area contributed by atoms with E-state index in [1.165, 1.54) is 6.07 Å². The number of nitrogens with zero attached hydrogens (tertiary/aromatic N) is 4. The van der Waals surface area contributed by atoms with Gasteiger partial charge in [-0.2, -0.15) is 0 Å². The number of hydrogen-bond donors (Lipinski definition) is 1. The van der Waals surface area contributed by atoms with Crippen molar-refractivity contribution in [1.29, 1.82) is 0 Å². The average Bonchev–Trinajstić information content (AvgIpc) is 3.28. The van der Waals surface area contributed by atoms with E-state index < -0.39 is 5.97 Å². The Hall–Kier alpha value is -3.53. The Morgan fingerprint density at radius 3 is 2.64 bits per heavy atom. The van der Waals surface area contributed by atoms with Crippen LogP contribution in [0.3, 0.4) is 0 Å². The van der Waals surface area contributed by atoms with Crippen LogP contribution in [0.1, 0.15) is 52.4 Å². The molecule has 4 heterocycles. The van der Waals surface area contributed by atoms with Crippen molar-refractivity contribution in [3.05, 3.63) is 87.7 Å². The van der Waals surface area contributed by atoms with Gasteiger partial charge in [0.05, 0.1) is 52.2 Å². The molecule has 1 N–H and O–H groups in total. The number of piperidine rings is 1. The summed E-state index contributed by atoms with van der Waals surface area (Å²) in [5, 5.41) is 10.0. The fraction of sp³-hybridized carbons (Fsp3) is 0.406. The molecule has 0 radical (unpaired) electrons. The van der Waals surface area contributed by atoms with Crippen LogP contribution in [-0.2, 0) is 30.9 Å². The Bertz CT molecular complexity index is 1600. The SMILES string of the molecule is Cc1ccc(OCc2ccc(F)c(CC3CCN(Cc4nc5ccc(C(=O)O)cc5n4C[C@@H]4CCO4)CC3)n2)c(Cl)c1. The van der Waals surface area contributed by atoms with Gasteiger partial charge in [-0.25, -0.2) is 14.2 Å². The van der Waals surface area contributed by atoms with Gasteiger partial charge in [-0.15, -0.1) is 0 Å². The molecule has 42 heavy (non-hydrogen) atoms. The molecule has 0 unspecified atom stereocenters. The predicted octanol–water partition coefficient (Wildman–Crippen LogP) is 6.05. The van der Waals surface area contributed by atoms with Gasteiger partial charge in [-0.1, -0.05) is 17.7 Å². The number of hydrogen-bond acceptors (Lipinski definition) is 6. The molecule has 2 aliphatic heterocycles. The van der Waals surface area contributed by atoms with Gasteiger partial charge in [0.25, 0.3) is 0 Å². The van der Waals surface area contributed by atoms with Crippen LogP contribution in [0.2, 0.25) is 5.02 Å². The van der Waals surface area contributed by atoms with Crippen LogP contribution in [-0.4, -0.2) is 56.3 Å². The number of benzene rings is 2. The molecular weight excluding hydrogens is 559 g/mol. The number of pyridine rings is 1. The van der Waals surface area contributed by atoms with E-state index in [0.29, 0.717) is 47.6 Å². The van der Waals surface area contributed by atoms with Crippen molar-refractivity contribution in [2.24, 2.45) is 5.92 Å². The molecule has 0 aliphatic carbocycles. The van der Waals surface area contributed by atoms with Crippen molar-refractivity contribution in [2.45, 2.75) is 58.4 Å². The minimum Gasteiger partial charge on any atom is -0.486 e. The first-order valence-electron chi connectivity index (χ1n) is 14.4. The lowest BCUT2D eigenvalue weighted by Crippen LogP contribution is -2.36. The summed E-state index contributed by atoms with van der Waals surface area (Å²) in [5.74, 6) is 0.579. The van der Waals surface area contributed by atoms with Crippen molar-refractivity contribution >= 4 is 28.6 Å². The topological polar surface area (TPSA) is 89.7 Å². The highest BCUT2D eigenvalue weighted by molar-refractivity contribution is 6.32. The highest BCUT2D eigenvalue weighted by Crippen LogP contribution is 2.28. The van der Waals surface area contributed by atoms with Crippen molar-refractivity contribution in [1.82, 2.24) is 19.4 Å². The molecule has 10 heteroatoms. The van der Waals surface area contributed by atoms with E-state index in [-0.39, 0.29) is 24.1 Å². The zero-order valence-corrected chi connectivity index (χ0v) is 24.3. The second-order valence-electron chi connectivity index (χ2n) is 11.3. The fourth-order valence-electron chi connectivity index (χ4n) is 5.71. The van der Waals surface area contributed by atoms with E-state index in [1.807, 2.05) is 25.1 Å². The molecule has 1 atom stereocenters. The molecule has 2 aromatic heterocycles. The van der Waals surface area contributed by atoms with Crippen LogP contribution in [0.25, 0.3) is 11.0 Å². The monoisotopic (exact) mass is 592 g/mol. The summed E-state index contributed by atoms with van der Waals surface area (Å²) in [6.07, 6.45) is 3.54. The number of ether oxygens (including phenoxy) is 2. The van der Waals surface area contributed by atoms with E-state index in [2.05, 4.69) is 14.5 Å². The molecule has 2 fully saturated rings. The van der Waals surface area contributed by atoms with E-state index in [9.17, 15) is 14.3 Å². The number of aromatic nitrogens is 3. The predicted molar refractivity (Wildman–Crippen MR) is 157 cm³/mol. The number of carbonyl (C=O) groups is 1. The Balaban J connectivity index is 1.08. The zero-order valence-electron chi connectivity index (χ0n) is 23.6. The lowest BCUT2D eigenvalue weighted by Gasteiger charge is -2.32. The zero-order chi connectivity index (χ0) is 29.2. The molecule has 2 saturated heterocycles. The average molecular weight is 593 g/mol. The molecule has 0 saturated carbocycles. The number of aromatic carboxylic acids is 1. The summed E-state index contributed by atoms with van der Waals surface area (Å²) < 4.78 is 28.4. The number of fused-ring (bicyclic) bond motifs is 1. The maximum Gasteiger partial charge on any atom is 0.335 e. The summed E-state index contributed by atoms with van der Waals surface area (Å²) in [5.41, 5.74) is 4.06. The molecule has 4 aromatic rings. The van der Waals surface area contributed by atoms with Crippen LogP contribution >= 0.6 is 11.6 Å². The molecule has 2 aliphatic rings. The Labute approximate surface area is 249 Å².